The maximum absolute atomic E-state index is 12.0. The van der Waals surface area contributed by atoms with Crippen LogP contribution in [0.5, 0.6) is 5.75 Å². The molecule has 1 aliphatic heterocycles. The van der Waals surface area contributed by atoms with Crippen LogP contribution in [0.2, 0.25) is 0 Å². The standard InChI is InChI=1S/C13H14N4O3/c1-20-7-2-3-9-8(6-7)15-13(14)17(9)10-4-5-11(18)16-12(10)19/h2-3,6,10H,4-5H2,1H3,(H2,14,15)(H,16,18,19). The van der Waals surface area contributed by atoms with E-state index in [0.717, 1.165) is 5.52 Å². The molecule has 3 rings (SSSR count). The zero-order valence-corrected chi connectivity index (χ0v) is 10.9. The van der Waals surface area contributed by atoms with Crippen LogP contribution in [-0.4, -0.2) is 28.5 Å². The maximum Gasteiger partial charge on any atom is 0.249 e. The predicted molar refractivity (Wildman–Crippen MR) is 72.1 cm³/mol. The van der Waals surface area contributed by atoms with E-state index in [0.29, 0.717) is 24.1 Å². The van der Waals surface area contributed by atoms with Gasteiger partial charge >= 0.3 is 0 Å². The molecule has 104 valence electrons. The molecule has 1 fully saturated rings. The molecule has 0 bridgehead atoms. The Bertz CT molecular complexity index is 707. The Morgan fingerprint density at radius 1 is 1.45 bits per heavy atom. The van der Waals surface area contributed by atoms with Crippen LogP contribution in [-0.2, 0) is 9.59 Å². The monoisotopic (exact) mass is 274 g/mol. The minimum Gasteiger partial charge on any atom is -0.497 e. The van der Waals surface area contributed by atoms with Gasteiger partial charge in [0, 0.05) is 12.5 Å². The number of ether oxygens (including phenoxy) is 1. The molecule has 0 radical (unpaired) electrons. The van der Waals surface area contributed by atoms with Gasteiger partial charge in [-0.25, -0.2) is 4.98 Å². The molecule has 2 heterocycles. The zero-order valence-electron chi connectivity index (χ0n) is 10.9. The summed E-state index contributed by atoms with van der Waals surface area (Å²) in [5.41, 5.74) is 7.33. The van der Waals surface area contributed by atoms with E-state index in [9.17, 15) is 9.59 Å². The number of amides is 2. The van der Waals surface area contributed by atoms with Gasteiger partial charge in [-0.05, 0) is 18.6 Å². The second kappa shape index (κ2) is 4.52. The van der Waals surface area contributed by atoms with Crippen molar-refractivity contribution in [3.05, 3.63) is 18.2 Å². The first-order valence-corrected chi connectivity index (χ1v) is 6.25. The van der Waals surface area contributed by atoms with E-state index >= 15 is 0 Å². The van der Waals surface area contributed by atoms with Gasteiger partial charge in [-0.1, -0.05) is 0 Å². The number of benzene rings is 1. The topological polar surface area (TPSA) is 99.2 Å². The van der Waals surface area contributed by atoms with Crippen LogP contribution < -0.4 is 15.8 Å². The number of imide groups is 1. The quantitative estimate of drug-likeness (QED) is 0.781. The van der Waals surface area contributed by atoms with Gasteiger partial charge in [0.05, 0.1) is 18.1 Å². The fraction of sp³-hybridized carbons (Fsp3) is 0.308. The number of aromatic nitrogens is 2. The summed E-state index contributed by atoms with van der Waals surface area (Å²) < 4.78 is 6.80. The molecule has 20 heavy (non-hydrogen) atoms. The maximum atomic E-state index is 12.0. The summed E-state index contributed by atoms with van der Waals surface area (Å²) >= 11 is 0. The molecule has 1 aromatic carbocycles. The molecule has 1 aliphatic rings. The van der Waals surface area contributed by atoms with E-state index in [4.69, 9.17) is 10.5 Å². The highest BCUT2D eigenvalue weighted by Crippen LogP contribution is 2.29. The number of piperidine rings is 1. The number of nitrogen functional groups attached to an aromatic ring is 1. The van der Waals surface area contributed by atoms with E-state index in [2.05, 4.69) is 10.3 Å². The summed E-state index contributed by atoms with van der Waals surface area (Å²) in [7, 11) is 1.57. The van der Waals surface area contributed by atoms with Crippen molar-refractivity contribution in [2.45, 2.75) is 18.9 Å². The molecule has 2 amide bonds. The van der Waals surface area contributed by atoms with Crippen LogP contribution in [0.1, 0.15) is 18.9 Å². The number of imidazole rings is 1. The number of hydrogen-bond donors (Lipinski definition) is 2. The first-order valence-electron chi connectivity index (χ1n) is 6.25. The van der Waals surface area contributed by atoms with E-state index in [1.54, 1.807) is 29.9 Å². The second-order valence-electron chi connectivity index (χ2n) is 4.66. The summed E-state index contributed by atoms with van der Waals surface area (Å²) in [6.45, 7) is 0. The van der Waals surface area contributed by atoms with Crippen LogP contribution in [0.3, 0.4) is 0 Å². The Morgan fingerprint density at radius 3 is 2.95 bits per heavy atom. The van der Waals surface area contributed by atoms with E-state index < -0.39 is 6.04 Å². The number of carbonyl (C=O) groups is 2. The molecule has 7 heteroatoms. The summed E-state index contributed by atoms with van der Waals surface area (Å²) in [6, 6.07) is 4.84. The van der Waals surface area contributed by atoms with Gasteiger partial charge in [0.15, 0.2) is 0 Å². The molecule has 1 aromatic heterocycles. The van der Waals surface area contributed by atoms with E-state index in [1.807, 2.05) is 0 Å². The minimum atomic E-state index is -0.508. The lowest BCUT2D eigenvalue weighted by atomic mass is 10.1. The van der Waals surface area contributed by atoms with Gasteiger partial charge in [-0.2, -0.15) is 0 Å². The summed E-state index contributed by atoms with van der Waals surface area (Å²) in [6.07, 6.45) is 0.720. The fourth-order valence-corrected chi connectivity index (χ4v) is 2.48. The number of hydrogen-bond acceptors (Lipinski definition) is 5. The first-order chi connectivity index (χ1) is 9.60. The highest BCUT2D eigenvalue weighted by molar-refractivity contribution is 6.00. The largest absolute Gasteiger partial charge is 0.497 e. The number of methoxy groups -OCH3 is 1. The van der Waals surface area contributed by atoms with Crippen molar-refractivity contribution < 1.29 is 14.3 Å². The van der Waals surface area contributed by atoms with Crippen molar-refractivity contribution in [2.75, 3.05) is 12.8 Å². The summed E-state index contributed by atoms with van der Waals surface area (Å²) in [5, 5.41) is 2.33. The Morgan fingerprint density at radius 2 is 2.25 bits per heavy atom. The lowest BCUT2D eigenvalue weighted by molar-refractivity contribution is -0.135. The Balaban J connectivity index is 2.09. The second-order valence-corrected chi connectivity index (χ2v) is 4.66. The number of nitrogens with one attached hydrogen (secondary N) is 1. The van der Waals surface area contributed by atoms with Crippen LogP contribution in [0.25, 0.3) is 11.0 Å². The average molecular weight is 274 g/mol. The molecular weight excluding hydrogens is 260 g/mol. The van der Waals surface area contributed by atoms with Gasteiger partial charge < -0.3 is 10.5 Å². The van der Waals surface area contributed by atoms with E-state index in [-0.39, 0.29) is 17.8 Å². The SMILES string of the molecule is COc1ccc2c(c1)nc(N)n2C1CCC(=O)NC1=O. The molecule has 0 aliphatic carbocycles. The van der Waals surface area contributed by atoms with Crippen LogP contribution >= 0.6 is 0 Å². The number of nitrogens with zero attached hydrogens (tertiary/aromatic N) is 2. The highest BCUT2D eigenvalue weighted by Gasteiger charge is 2.30. The number of anilines is 1. The molecule has 0 spiro atoms. The Hall–Kier alpha value is -2.57. The smallest absolute Gasteiger partial charge is 0.249 e. The first kappa shape index (κ1) is 12.5. The number of carbonyl (C=O) groups excluding carboxylic acids is 2. The third-order valence-electron chi connectivity index (χ3n) is 3.45. The number of rotatable bonds is 2. The molecule has 7 nitrogen and oxygen atoms in total. The van der Waals surface area contributed by atoms with Gasteiger partial charge in [0.1, 0.15) is 11.8 Å². The van der Waals surface area contributed by atoms with Gasteiger partial charge in [0.25, 0.3) is 0 Å². The van der Waals surface area contributed by atoms with Crippen molar-refractivity contribution >= 4 is 28.8 Å². The van der Waals surface area contributed by atoms with Crippen LogP contribution in [0.15, 0.2) is 18.2 Å². The summed E-state index contributed by atoms with van der Waals surface area (Å²) in [5.74, 6) is 0.326. The van der Waals surface area contributed by atoms with Gasteiger partial charge in [-0.15, -0.1) is 0 Å². The van der Waals surface area contributed by atoms with Crippen molar-refractivity contribution in [2.24, 2.45) is 0 Å². The number of nitrogens with two attached hydrogens (primary N) is 1. The van der Waals surface area contributed by atoms with Crippen LogP contribution in [0, 0.1) is 0 Å². The predicted octanol–water partition coefficient (Wildman–Crippen LogP) is 0.605. The minimum absolute atomic E-state index is 0.253. The van der Waals surface area contributed by atoms with Gasteiger partial charge in [-0.3, -0.25) is 19.5 Å². The lowest BCUT2D eigenvalue weighted by Crippen LogP contribution is -2.41. The average Bonchev–Trinajstić information content (AvgIpc) is 2.74. The Kier molecular flexibility index (Phi) is 2.81. The van der Waals surface area contributed by atoms with Crippen molar-refractivity contribution in [3.63, 3.8) is 0 Å². The van der Waals surface area contributed by atoms with Gasteiger partial charge in [0.2, 0.25) is 17.8 Å². The molecule has 1 atom stereocenters. The molecule has 1 unspecified atom stereocenters. The normalized spacial score (nSPS) is 19.1. The summed E-state index contributed by atoms with van der Waals surface area (Å²) in [4.78, 5) is 27.4. The lowest BCUT2D eigenvalue weighted by Gasteiger charge is -2.23. The molecular formula is C13H14N4O3. The van der Waals surface area contributed by atoms with Crippen molar-refractivity contribution in [1.29, 1.82) is 0 Å². The third kappa shape index (κ3) is 1.87. The van der Waals surface area contributed by atoms with Crippen LogP contribution in [0.4, 0.5) is 5.95 Å². The molecule has 0 saturated carbocycles. The van der Waals surface area contributed by atoms with Crippen molar-refractivity contribution in [1.82, 2.24) is 14.9 Å². The third-order valence-corrected chi connectivity index (χ3v) is 3.45. The van der Waals surface area contributed by atoms with Crippen molar-refractivity contribution in [3.8, 4) is 5.75 Å². The highest BCUT2D eigenvalue weighted by atomic mass is 16.5. The molecule has 1 saturated heterocycles. The molecule has 2 aromatic rings. The number of fused-ring (bicyclic) bond motifs is 1. The van der Waals surface area contributed by atoms with E-state index in [1.165, 1.54) is 0 Å². The Labute approximate surface area is 114 Å². The molecule has 3 N–H and O–H groups in total. The fourth-order valence-electron chi connectivity index (χ4n) is 2.48. The zero-order chi connectivity index (χ0) is 14.3.